The van der Waals surface area contributed by atoms with E-state index in [9.17, 15) is 4.79 Å². The summed E-state index contributed by atoms with van der Waals surface area (Å²) in [5.41, 5.74) is 2.09. The van der Waals surface area contributed by atoms with Gasteiger partial charge < -0.3 is 15.4 Å². The zero-order valence-electron chi connectivity index (χ0n) is 11.1. The lowest BCUT2D eigenvalue weighted by Gasteiger charge is -2.21. The molecule has 98 valence electrons. The van der Waals surface area contributed by atoms with Crippen molar-refractivity contribution in [2.24, 2.45) is 5.92 Å². The molecule has 17 heavy (non-hydrogen) atoms. The number of amides is 1. The minimum absolute atomic E-state index is 0.0605. The van der Waals surface area contributed by atoms with Crippen LogP contribution in [-0.2, 0) is 9.53 Å². The van der Waals surface area contributed by atoms with E-state index in [1.807, 2.05) is 6.92 Å². The molecule has 4 nitrogen and oxygen atoms in total. The van der Waals surface area contributed by atoms with Crippen LogP contribution in [0.3, 0.4) is 0 Å². The molecular weight excluding hydrogens is 216 g/mol. The van der Waals surface area contributed by atoms with Crippen molar-refractivity contribution >= 4 is 5.91 Å². The zero-order valence-corrected chi connectivity index (χ0v) is 11.1. The summed E-state index contributed by atoms with van der Waals surface area (Å²) in [6.45, 7) is 10.1. The van der Waals surface area contributed by atoms with Crippen LogP contribution in [0.4, 0.5) is 0 Å². The SMILES string of the molecule is CC(C(=O)NCCCOCC(C)C)=C1CNC1. The van der Waals surface area contributed by atoms with Crippen molar-refractivity contribution in [3.63, 3.8) is 0 Å². The minimum atomic E-state index is 0.0605. The summed E-state index contributed by atoms with van der Waals surface area (Å²) in [6, 6.07) is 0. The van der Waals surface area contributed by atoms with Gasteiger partial charge in [0.05, 0.1) is 0 Å². The van der Waals surface area contributed by atoms with Gasteiger partial charge in [0.15, 0.2) is 0 Å². The fourth-order valence-electron chi connectivity index (χ4n) is 1.50. The molecule has 0 bridgehead atoms. The first-order valence-electron chi connectivity index (χ1n) is 6.36. The first-order valence-corrected chi connectivity index (χ1v) is 6.36. The van der Waals surface area contributed by atoms with Crippen molar-refractivity contribution in [1.29, 1.82) is 0 Å². The zero-order chi connectivity index (χ0) is 12.7. The number of nitrogens with one attached hydrogen (secondary N) is 2. The van der Waals surface area contributed by atoms with Gasteiger partial charge in [0.25, 0.3) is 0 Å². The number of carbonyl (C=O) groups excluding carboxylic acids is 1. The van der Waals surface area contributed by atoms with Crippen molar-refractivity contribution in [1.82, 2.24) is 10.6 Å². The maximum Gasteiger partial charge on any atom is 0.246 e. The largest absolute Gasteiger partial charge is 0.381 e. The van der Waals surface area contributed by atoms with Crippen molar-refractivity contribution in [2.75, 3.05) is 32.8 Å². The second-order valence-corrected chi connectivity index (χ2v) is 4.91. The summed E-state index contributed by atoms with van der Waals surface area (Å²) in [7, 11) is 0. The predicted molar refractivity (Wildman–Crippen MR) is 68.9 cm³/mol. The van der Waals surface area contributed by atoms with E-state index in [1.165, 1.54) is 5.57 Å². The van der Waals surface area contributed by atoms with E-state index in [-0.39, 0.29) is 5.91 Å². The molecule has 1 aliphatic heterocycles. The standard InChI is InChI=1S/C13H24N2O2/c1-10(2)9-17-6-4-5-15-13(16)11(3)12-7-14-8-12/h10,14H,4-9H2,1-3H3,(H,15,16). The number of rotatable bonds is 7. The van der Waals surface area contributed by atoms with Crippen LogP contribution in [-0.4, -0.2) is 38.8 Å². The molecule has 1 saturated heterocycles. The molecule has 0 spiro atoms. The quantitative estimate of drug-likeness (QED) is 0.517. The summed E-state index contributed by atoms with van der Waals surface area (Å²) in [5, 5.41) is 6.05. The van der Waals surface area contributed by atoms with Crippen LogP contribution in [0.5, 0.6) is 0 Å². The van der Waals surface area contributed by atoms with Crippen LogP contribution in [0.15, 0.2) is 11.1 Å². The summed E-state index contributed by atoms with van der Waals surface area (Å²) in [6.07, 6.45) is 0.874. The van der Waals surface area contributed by atoms with Crippen molar-refractivity contribution in [2.45, 2.75) is 27.2 Å². The van der Waals surface area contributed by atoms with Crippen molar-refractivity contribution in [3.8, 4) is 0 Å². The second kappa shape index (κ2) is 7.45. The van der Waals surface area contributed by atoms with Gasteiger partial charge in [-0.25, -0.2) is 0 Å². The molecule has 0 unspecified atom stereocenters. The van der Waals surface area contributed by atoms with E-state index in [0.717, 1.165) is 38.3 Å². The highest BCUT2D eigenvalue weighted by molar-refractivity contribution is 5.93. The van der Waals surface area contributed by atoms with Gasteiger partial charge in [-0.05, 0) is 24.8 Å². The summed E-state index contributed by atoms with van der Waals surface area (Å²) in [5.74, 6) is 0.632. The summed E-state index contributed by atoms with van der Waals surface area (Å²) < 4.78 is 5.44. The molecule has 1 rings (SSSR count). The molecule has 1 fully saturated rings. The molecule has 0 aromatic carbocycles. The molecular formula is C13H24N2O2. The van der Waals surface area contributed by atoms with Gasteiger partial charge in [-0.3, -0.25) is 4.79 Å². The Bertz CT molecular complexity index is 279. The molecule has 1 amide bonds. The average Bonchev–Trinajstić information content (AvgIpc) is 2.19. The molecule has 0 atom stereocenters. The van der Waals surface area contributed by atoms with E-state index < -0.39 is 0 Å². The average molecular weight is 240 g/mol. The number of hydrogen-bond donors (Lipinski definition) is 2. The Morgan fingerprint density at radius 2 is 2.18 bits per heavy atom. The number of ether oxygens (including phenoxy) is 1. The lowest BCUT2D eigenvalue weighted by atomic mass is 10.0. The normalized spacial score (nSPS) is 14.7. The van der Waals surface area contributed by atoms with Gasteiger partial charge >= 0.3 is 0 Å². The summed E-state index contributed by atoms with van der Waals surface area (Å²) >= 11 is 0. The van der Waals surface area contributed by atoms with E-state index >= 15 is 0 Å². The maximum absolute atomic E-state index is 11.7. The second-order valence-electron chi connectivity index (χ2n) is 4.91. The van der Waals surface area contributed by atoms with Gasteiger partial charge in [-0.15, -0.1) is 0 Å². The van der Waals surface area contributed by atoms with Crippen LogP contribution in [0.2, 0.25) is 0 Å². The van der Waals surface area contributed by atoms with Crippen LogP contribution in [0.25, 0.3) is 0 Å². The topological polar surface area (TPSA) is 50.4 Å². The highest BCUT2D eigenvalue weighted by Gasteiger charge is 2.15. The molecule has 2 N–H and O–H groups in total. The van der Waals surface area contributed by atoms with Crippen molar-refractivity contribution < 1.29 is 9.53 Å². The third-order valence-corrected chi connectivity index (χ3v) is 2.75. The van der Waals surface area contributed by atoms with Gasteiger partial charge in [-0.2, -0.15) is 0 Å². The fourth-order valence-corrected chi connectivity index (χ4v) is 1.50. The first kappa shape index (κ1) is 14.2. The van der Waals surface area contributed by atoms with Gasteiger partial charge in [-0.1, -0.05) is 13.8 Å². The van der Waals surface area contributed by atoms with E-state index in [2.05, 4.69) is 24.5 Å². The Morgan fingerprint density at radius 1 is 1.47 bits per heavy atom. The Labute approximate surface area is 104 Å². The predicted octanol–water partition coefficient (Wildman–Crippen LogP) is 1.08. The van der Waals surface area contributed by atoms with E-state index in [1.54, 1.807) is 0 Å². The van der Waals surface area contributed by atoms with Crippen molar-refractivity contribution in [3.05, 3.63) is 11.1 Å². The minimum Gasteiger partial charge on any atom is -0.381 e. The Hall–Kier alpha value is -0.870. The lowest BCUT2D eigenvalue weighted by Crippen LogP contribution is -2.37. The Balaban J connectivity index is 2.04. The molecule has 0 radical (unpaired) electrons. The van der Waals surface area contributed by atoms with E-state index in [0.29, 0.717) is 12.5 Å². The smallest absolute Gasteiger partial charge is 0.246 e. The molecule has 1 aliphatic rings. The van der Waals surface area contributed by atoms with Crippen LogP contribution >= 0.6 is 0 Å². The maximum atomic E-state index is 11.7. The van der Waals surface area contributed by atoms with Crippen LogP contribution in [0, 0.1) is 5.92 Å². The highest BCUT2D eigenvalue weighted by Crippen LogP contribution is 2.08. The lowest BCUT2D eigenvalue weighted by molar-refractivity contribution is -0.117. The van der Waals surface area contributed by atoms with Crippen LogP contribution in [0.1, 0.15) is 27.2 Å². The molecule has 1 heterocycles. The summed E-state index contributed by atoms with van der Waals surface area (Å²) in [4.78, 5) is 11.7. The third-order valence-electron chi connectivity index (χ3n) is 2.75. The van der Waals surface area contributed by atoms with Gasteiger partial charge in [0.2, 0.25) is 5.91 Å². The molecule has 0 aliphatic carbocycles. The fraction of sp³-hybridized carbons (Fsp3) is 0.769. The van der Waals surface area contributed by atoms with Gasteiger partial charge in [0, 0.05) is 38.4 Å². The van der Waals surface area contributed by atoms with Gasteiger partial charge in [0.1, 0.15) is 0 Å². The molecule has 0 aromatic rings. The van der Waals surface area contributed by atoms with E-state index in [4.69, 9.17) is 4.74 Å². The Morgan fingerprint density at radius 3 is 2.71 bits per heavy atom. The monoisotopic (exact) mass is 240 g/mol. The first-order chi connectivity index (χ1) is 8.11. The number of hydrogen-bond acceptors (Lipinski definition) is 3. The molecule has 4 heteroatoms. The Kier molecular flexibility index (Phi) is 6.22. The number of carbonyl (C=O) groups is 1. The third kappa shape index (κ3) is 5.33. The highest BCUT2D eigenvalue weighted by atomic mass is 16.5. The molecule has 0 aromatic heterocycles. The van der Waals surface area contributed by atoms with Crippen LogP contribution < -0.4 is 10.6 Å². The molecule has 0 saturated carbocycles.